The van der Waals surface area contributed by atoms with Gasteiger partial charge in [-0.25, -0.2) is 13.1 Å². The van der Waals surface area contributed by atoms with Crippen molar-refractivity contribution in [2.45, 2.75) is 17.4 Å². The van der Waals surface area contributed by atoms with Crippen LogP contribution >= 0.6 is 11.6 Å². The molecule has 138 valence electrons. The molecule has 26 heavy (non-hydrogen) atoms. The van der Waals surface area contributed by atoms with Crippen LogP contribution in [0.1, 0.15) is 18.0 Å². The third kappa shape index (κ3) is 5.83. The van der Waals surface area contributed by atoms with E-state index in [1.807, 2.05) is 0 Å². The molecule has 0 saturated carbocycles. The second-order valence-corrected chi connectivity index (χ2v) is 7.52. The molecule has 1 amide bonds. The largest absolute Gasteiger partial charge is 0.456 e. The molecule has 7 nitrogen and oxygen atoms in total. The topological polar surface area (TPSA) is 116 Å². The van der Waals surface area contributed by atoms with Gasteiger partial charge in [-0.3, -0.25) is 9.59 Å². The number of nitrogens with two attached hydrogens (primary N) is 1. The summed E-state index contributed by atoms with van der Waals surface area (Å²) in [6.07, 6.45) is -0.318. The average molecular weight is 397 g/mol. The molecule has 2 aromatic rings. The van der Waals surface area contributed by atoms with Gasteiger partial charge < -0.3 is 10.5 Å². The number of carbonyl (C=O) groups is 2. The SMILES string of the molecule is NC(=O)COC(=O)C[C@H](NS(=O)(=O)c1ccccc1)c1ccc(Cl)cc1. The van der Waals surface area contributed by atoms with Gasteiger partial charge in [-0.1, -0.05) is 41.9 Å². The maximum atomic E-state index is 12.6. The quantitative estimate of drug-likeness (QED) is 0.660. The van der Waals surface area contributed by atoms with Gasteiger partial charge in [0.25, 0.3) is 5.91 Å². The molecule has 0 aromatic heterocycles. The molecular formula is C17H17ClN2O5S. The van der Waals surface area contributed by atoms with Gasteiger partial charge in [0.15, 0.2) is 6.61 Å². The third-order valence-corrected chi connectivity index (χ3v) is 5.11. The maximum Gasteiger partial charge on any atom is 0.308 e. The van der Waals surface area contributed by atoms with Crippen molar-refractivity contribution in [1.29, 1.82) is 0 Å². The minimum Gasteiger partial charge on any atom is -0.456 e. The number of amides is 1. The predicted molar refractivity (Wildman–Crippen MR) is 95.7 cm³/mol. The first-order valence-corrected chi connectivity index (χ1v) is 9.41. The highest BCUT2D eigenvalue weighted by Crippen LogP contribution is 2.22. The van der Waals surface area contributed by atoms with Crippen LogP contribution in [0.3, 0.4) is 0 Å². The Bertz CT molecular complexity index is 870. The minimum absolute atomic E-state index is 0.0597. The number of primary amides is 1. The fourth-order valence-corrected chi connectivity index (χ4v) is 3.53. The van der Waals surface area contributed by atoms with E-state index in [-0.39, 0.29) is 11.3 Å². The first-order valence-electron chi connectivity index (χ1n) is 7.55. The number of carbonyl (C=O) groups excluding carboxylic acids is 2. The molecule has 1 atom stereocenters. The lowest BCUT2D eigenvalue weighted by atomic mass is 10.1. The van der Waals surface area contributed by atoms with Crippen LogP contribution in [0, 0.1) is 0 Å². The summed E-state index contributed by atoms with van der Waals surface area (Å²) in [5, 5.41) is 0.467. The summed E-state index contributed by atoms with van der Waals surface area (Å²) in [7, 11) is -3.88. The highest BCUT2D eigenvalue weighted by molar-refractivity contribution is 7.89. The van der Waals surface area contributed by atoms with Crippen LogP contribution in [0.25, 0.3) is 0 Å². The highest BCUT2D eigenvalue weighted by atomic mass is 35.5. The second kappa shape index (κ2) is 8.79. The Morgan fingerprint density at radius 3 is 2.27 bits per heavy atom. The van der Waals surface area contributed by atoms with E-state index < -0.39 is 34.5 Å². The van der Waals surface area contributed by atoms with Crippen LogP contribution in [0.15, 0.2) is 59.5 Å². The van der Waals surface area contributed by atoms with Crippen molar-refractivity contribution in [3.63, 3.8) is 0 Å². The summed E-state index contributed by atoms with van der Waals surface area (Å²) in [5.74, 6) is -1.56. The molecule has 0 aliphatic heterocycles. The van der Waals surface area contributed by atoms with Crippen LogP contribution < -0.4 is 10.5 Å². The Kier molecular flexibility index (Phi) is 6.73. The van der Waals surface area contributed by atoms with Crippen molar-refractivity contribution in [1.82, 2.24) is 4.72 Å². The molecule has 0 bridgehead atoms. The summed E-state index contributed by atoms with van der Waals surface area (Å²) in [6.45, 7) is -0.572. The molecule has 0 unspecified atom stereocenters. The molecule has 0 saturated heterocycles. The van der Waals surface area contributed by atoms with Gasteiger partial charge in [-0.05, 0) is 29.8 Å². The monoisotopic (exact) mass is 396 g/mol. The zero-order chi connectivity index (χ0) is 19.2. The molecular weight excluding hydrogens is 380 g/mol. The van der Waals surface area contributed by atoms with Gasteiger partial charge in [-0.2, -0.15) is 0 Å². The lowest BCUT2D eigenvalue weighted by Crippen LogP contribution is -2.31. The summed E-state index contributed by atoms with van der Waals surface area (Å²) >= 11 is 5.85. The number of nitrogens with one attached hydrogen (secondary N) is 1. The molecule has 3 N–H and O–H groups in total. The Morgan fingerprint density at radius 2 is 1.69 bits per heavy atom. The Labute approximate surface area is 156 Å². The summed E-state index contributed by atoms with van der Waals surface area (Å²) < 4.78 is 32.3. The highest BCUT2D eigenvalue weighted by Gasteiger charge is 2.24. The van der Waals surface area contributed by atoms with Crippen LogP contribution in [-0.4, -0.2) is 26.9 Å². The molecule has 2 aromatic carbocycles. The minimum atomic E-state index is -3.88. The zero-order valence-corrected chi connectivity index (χ0v) is 15.2. The number of esters is 1. The summed E-state index contributed by atoms with van der Waals surface area (Å²) in [4.78, 5) is 22.7. The van der Waals surface area contributed by atoms with E-state index in [1.165, 1.54) is 12.1 Å². The molecule has 0 aliphatic carbocycles. The third-order valence-electron chi connectivity index (χ3n) is 3.37. The maximum absolute atomic E-state index is 12.6. The normalized spacial score (nSPS) is 12.3. The number of hydrogen-bond acceptors (Lipinski definition) is 5. The van der Waals surface area contributed by atoms with Gasteiger partial charge in [0.1, 0.15) is 0 Å². The number of hydrogen-bond donors (Lipinski definition) is 2. The summed E-state index contributed by atoms with van der Waals surface area (Å²) in [5.41, 5.74) is 5.45. The first-order chi connectivity index (χ1) is 12.3. The smallest absolute Gasteiger partial charge is 0.308 e. The Balaban J connectivity index is 2.24. The molecule has 9 heteroatoms. The Morgan fingerprint density at radius 1 is 1.08 bits per heavy atom. The van der Waals surface area contributed by atoms with Crippen LogP contribution in [0.2, 0.25) is 5.02 Å². The van der Waals surface area contributed by atoms with Crippen molar-refractivity contribution in [3.05, 3.63) is 65.2 Å². The zero-order valence-electron chi connectivity index (χ0n) is 13.6. The standard InChI is InChI=1S/C17H17ClN2O5S/c18-13-8-6-12(7-9-13)15(10-17(22)25-11-16(19)21)20-26(23,24)14-4-2-1-3-5-14/h1-9,15,20H,10-11H2,(H2,19,21)/t15-/m0/s1. The number of sulfonamides is 1. The van der Waals surface area contributed by atoms with E-state index in [1.54, 1.807) is 42.5 Å². The van der Waals surface area contributed by atoms with E-state index in [9.17, 15) is 18.0 Å². The molecule has 0 aliphatic rings. The van der Waals surface area contributed by atoms with Crippen molar-refractivity contribution in [2.75, 3.05) is 6.61 Å². The van der Waals surface area contributed by atoms with E-state index >= 15 is 0 Å². The Hall–Kier alpha value is -2.42. The lowest BCUT2D eigenvalue weighted by Gasteiger charge is -2.19. The fourth-order valence-electron chi connectivity index (χ4n) is 2.15. The molecule has 0 spiro atoms. The lowest BCUT2D eigenvalue weighted by molar-refractivity contribution is -0.148. The number of benzene rings is 2. The number of halogens is 1. The van der Waals surface area contributed by atoms with Gasteiger partial charge in [0.05, 0.1) is 17.4 Å². The van der Waals surface area contributed by atoms with Gasteiger partial charge in [-0.15, -0.1) is 0 Å². The van der Waals surface area contributed by atoms with Crippen molar-refractivity contribution in [2.24, 2.45) is 5.73 Å². The van der Waals surface area contributed by atoms with E-state index in [4.69, 9.17) is 22.1 Å². The predicted octanol–water partition coefficient (Wildman–Crippen LogP) is 1.78. The molecule has 0 radical (unpaired) electrons. The van der Waals surface area contributed by atoms with Crippen LogP contribution in [0.5, 0.6) is 0 Å². The summed E-state index contributed by atoms with van der Waals surface area (Å²) in [6, 6.07) is 13.2. The number of ether oxygens (including phenoxy) is 1. The van der Waals surface area contributed by atoms with Crippen LogP contribution in [0.4, 0.5) is 0 Å². The van der Waals surface area contributed by atoms with Crippen molar-refractivity contribution >= 4 is 33.5 Å². The number of rotatable bonds is 8. The van der Waals surface area contributed by atoms with Gasteiger partial charge >= 0.3 is 5.97 Å². The molecule has 2 rings (SSSR count). The average Bonchev–Trinajstić information content (AvgIpc) is 2.60. The second-order valence-electron chi connectivity index (χ2n) is 5.37. The fraction of sp³-hybridized carbons (Fsp3) is 0.176. The van der Waals surface area contributed by atoms with Gasteiger partial charge in [0, 0.05) is 5.02 Å². The van der Waals surface area contributed by atoms with Crippen LogP contribution in [-0.2, 0) is 24.3 Å². The molecule has 0 heterocycles. The van der Waals surface area contributed by atoms with Gasteiger partial charge in [0.2, 0.25) is 10.0 Å². The van der Waals surface area contributed by atoms with Crippen molar-refractivity contribution in [3.8, 4) is 0 Å². The first kappa shape index (κ1) is 19.9. The van der Waals surface area contributed by atoms with E-state index in [0.717, 1.165) is 0 Å². The van der Waals surface area contributed by atoms with E-state index in [0.29, 0.717) is 10.6 Å². The van der Waals surface area contributed by atoms with E-state index in [2.05, 4.69) is 4.72 Å². The van der Waals surface area contributed by atoms with Crippen molar-refractivity contribution < 1.29 is 22.7 Å². The molecule has 0 fully saturated rings.